The highest BCUT2D eigenvalue weighted by Crippen LogP contribution is 2.32. The van der Waals surface area contributed by atoms with Crippen molar-refractivity contribution in [3.8, 4) is 6.07 Å². The van der Waals surface area contributed by atoms with Crippen LogP contribution in [-0.2, 0) is 0 Å². The number of halogens is 2. The second kappa shape index (κ2) is 10.3. The zero-order valence-corrected chi connectivity index (χ0v) is 19.2. The first-order valence-corrected chi connectivity index (χ1v) is 11.4. The molecule has 0 spiro atoms. The molecule has 2 aliphatic rings. The van der Waals surface area contributed by atoms with Crippen LogP contribution in [0.1, 0.15) is 24.0 Å². The quantitative estimate of drug-likeness (QED) is 0.608. The second-order valence-corrected chi connectivity index (χ2v) is 8.84. The van der Waals surface area contributed by atoms with Gasteiger partial charge in [0.25, 0.3) is 0 Å². The van der Waals surface area contributed by atoms with E-state index in [0.717, 1.165) is 63.4 Å². The Morgan fingerprint density at radius 3 is 2.56 bits per heavy atom. The molecule has 1 aliphatic carbocycles. The summed E-state index contributed by atoms with van der Waals surface area (Å²) in [6.07, 6.45) is 6.06. The van der Waals surface area contributed by atoms with Crippen LogP contribution in [0.2, 0.25) is 5.02 Å². The fraction of sp³-hybridized carbons (Fsp3) is 0.346. The number of rotatable bonds is 6. The second-order valence-electron chi connectivity index (χ2n) is 8.44. The van der Waals surface area contributed by atoms with Crippen molar-refractivity contribution in [3.63, 3.8) is 0 Å². The van der Waals surface area contributed by atoms with Gasteiger partial charge in [-0.2, -0.15) is 5.26 Å². The molecule has 166 valence electrons. The molecule has 4 nitrogen and oxygen atoms in total. The summed E-state index contributed by atoms with van der Waals surface area (Å²) in [6.45, 7) is 6.06. The monoisotopic (exact) mass is 450 g/mol. The van der Waals surface area contributed by atoms with Gasteiger partial charge in [0.1, 0.15) is 5.82 Å². The molecule has 0 unspecified atom stereocenters. The average Bonchev–Trinajstić information content (AvgIpc) is 2.83. The van der Waals surface area contributed by atoms with Gasteiger partial charge >= 0.3 is 0 Å². The molecule has 0 amide bonds. The van der Waals surface area contributed by atoms with Gasteiger partial charge in [0.15, 0.2) is 0 Å². The first-order chi connectivity index (χ1) is 15.5. The molecule has 1 aliphatic heterocycles. The molecule has 6 heteroatoms. The Labute approximate surface area is 194 Å². The molecule has 1 heterocycles. The minimum absolute atomic E-state index is 0.146. The summed E-state index contributed by atoms with van der Waals surface area (Å²) in [5, 5.41) is 9.34. The predicted octanol–water partition coefficient (Wildman–Crippen LogP) is 5.17. The maximum absolute atomic E-state index is 13.8. The highest BCUT2D eigenvalue weighted by atomic mass is 35.5. The number of allylic oxidation sites excluding steroid dienone is 4. The third-order valence-corrected chi connectivity index (χ3v) is 6.58. The van der Waals surface area contributed by atoms with Crippen molar-refractivity contribution < 1.29 is 4.39 Å². The molecule has 0 bridgehead atoms. The molecule has 0 atom stereocenters. The molecule has 2 aromatic carbocycles. The van der Waals surface area contributed by atoms with E-state index >= 15 is 0 Å². The van der Waals surface area contributed by atoms with Gasteiger partial charge in [0.05, 0.1) is 16.7 Å². The van der Waals surface area contributed by atoms with Crippen molar-refractivity contribution in [2.75, 3.05) is 51.2 Å². The molecule has 0 saturated carbocycles. The number of likely N-dealkylation sites (N-methyl/N-ethyl adjacent to an activating group) is 1. The molecular formula is C26H28ClFN4. The third-order valence-electron chi connectivity index (χ3n) is 6.29. The summed E-state index contributed by atoms with van der Waals surface area (Å²) in [4.78, 5) is 7.10. The zero-order chi connectivity index (χ0) is 22.5. The molecule has 32 heavy (non-hydrogen) atoms. The van der Waals surface area contributed by atoms with Gasteiger partial charge in [0.2, 0.25) is 0 Å². The number of nitrogens with zero attached hydrogens (tertiary/aromatic N) is 4. The van der Waals surface area contributed by atoms with E-state index in [1.165, 1.54) is 17.3 Å². The van der Waals surface area contributed by atoms with Crippen LogP contribution in [0.25, 0.3) is 5.57 Å². The molecule has 0 aromatic heterocycles. The fourth-order valence-electron chi connectivity index (χ4n) is 4.28. The van der Waals surface area contributed by atoms with Crippen molar-refractivity contribution in [2.24, 2.45) is 0 Å². The van der Waals surface area contributed by atoms with Gasteiger partial charge in [-0.25, -0.2) is 4.39 Å². The van der Waals surface area contributed by atoms with E-state index in [0.29, 0.717) is 5.56 Å². The first kappa shape index (κ1) is 22.5. The van der Waals surface area contributed by atoms with E-state index in [4.69, 9.17) is 11.6 Å². The first-order valence-electron chi connectivity index (χ1n) is 11.1. The molecule has 1 fully saturated rings. The van der Waals surface area contributed by atoms with E-state index in [9.17, 15) is 9.65 Å². The lowest BCUT2D eigenvalue weighted by Crippen LogP contribution is -2.47. The summed E-state index contributed by atoms with van der Waals surface area (Å²) in [5.41, 5.74) is 5.10. The van der Waals surface area contributed by atoms with Crippen LogP contribution in [0.4, 0.5) is 10.1 Å². The Balaban J connectivity index is 1.56. The minimum Gasteiger partial charge on any atom is -0.344 e. The average molecular weight is 451 g/mol. The topological polar surface area (TPSA) is 33.5 Å². The molecule has 0 N–H and O–H groups in total. The summed E-state index contributed by atoms with van der Waals surface area (Å²) in [5.74, 6) is -0.397. The molecule has 2 aromatic rings. The highest BCUT2D eigenvalue weighted by molar-refractivity contribution is 6.31. The Morgan fingerprint density at radius 2 is 1.88 bits per heavy atom. The molecule has 1 saturated heterocycles. The number of hydrogen-bond donors (Lipinski definition) is 0. The van der Waals surface area contributed by atoms with Gasteiger partial charge in [-0.05, 0) is 67.4 Å². The zero-order valence-electron chi connectivity index (χ0n) is 18.4. The van der Waals surface area contributed by atoms with Crippen molar-refractivity contribution in [1.29, 1.82) is 5.26 Å². The number of hydrogen-bond acceptors (Lipinski definition) is 4. The summed E-state index contributed by atoms with van der Waals surface area (Å²) in [7, 11) is 2.16. The summed E-state index contributed by atoms with van der Waals surface area (Å²) in [6, 6.07) is 14.9. The largest absolute Gasteiger partial charge is 0.344 e. The fourth-order valence-corrected chi connectivity index (χ4v) is 4.46. The summed E-state index contributed by atoms with van der Waals surface area (Å²) < 4.78 is 13.8. The van der Waals surface area contributed by atoms with Crippen LogP contribution >= 0.6 is 11.6 Å². The van der Waals surface area contributed by atoms with Gasteiger partial charge in [-0.1, -0.05) is 29.8 Å². The Hall–Kier alpha value is -2.65. The third kappa shape index (κ3) is 5.39. The van der Waals surface area contributed by atoms with Crippen LogP contribution in [0, 0.1) is 17.1 Å². The van der Waals surface area contributed by atoms with Gasteiger partial charge in [-0.3, -0.25) is 4.90 Å². The van der Waals surface area contributed by atoms with E-state index in [1.807, 2.05) is 24.3 Å². The minimum atomic E-state index is -0.397. The van der Waals surface area contributed by atoms with Crippen molar-refractivity contribution >= 4 is 22.9 Å². The Kier molecular flexibility index (Phi) is 7.26. The number of anilines is 1. The van der Waals surface area contributed by atoms with E-state index in [1.54, 1.807) is 6.07 Å². The van der Waals surface area contributed by atoms with Crippen molar-refractivity contribution in [3.05, 3.63) is 82.3 Å². The Morgan fingerprint density at radius 1 is 1.06 bits per heavy atom. The normalized spacial score (nSPS) is 17.4. The van der Waals surface area contributed by atoms with Gasteiger partial charge < -0.3 is 9.80 Å². The predicted molar refractivity (Wildman–Crippen MR) is 129 cm³/mol. The summed E-state index contributed by atoms with van der Waals surface area (Å²) >= 11 is 6.12. The SMILES string of the molecule is CN1CCN(CCN(C2=CC=C(c3cccc(C#N)c3)CC2)c2ccc(F)c(Cl)c2)CC1. The van der Waals surface area contributed by atoms with Gasteiger partial charge in [-0.15, -0.1) is 0 Å². The molecule has 0 radical (unpaired) electrons. The smallest absolute Gasteiger partial charge is 0.141 e. The van der Waals surface area contributed by atoms with E-state index in [2.05, 4.69) is 46.0 Å². The van der Waals surface area contributed by atoms with Crippen LogP contribution < -0.4 is 4.90 Å². The standard InChI is InChI=1S/C26H28ClFN4/c1-30-11-13-31(14-12-30)15-16-32(24-9-10-26(28)25(27)18-24)23-7-5-21(6-8-23)22-4-2-3-20(17-22)19-29/h2-5,7,9-10,17-18H,6,8,11-16H2,1H3. The number of piperazine rings is 1. The van der Waals surface area contributed by atoms with Gasteiger partial charge in [0, 0.05) is 50.7 Å². The molecular weight excluding hydrogens is 423 g/mol. The molecule has 4 rings (SSSR count). The van der Waals surface area contributed by atoms with E-state index in [-0.39, 0.29) is 5.02 Å². The Bertz CT molecular complexity index is 1060. The number of nitriles is 1. The lowest BCUT2D eigenvalue weighted by Gasteiger charge is -2.35. The van der Waals surface area contributed by atoms with Crippen LogP contribution in [0.5, 0.6) is 0 Å². The van der Waals surface area contributed by atoms with Crippen molar-refractivity contribution in [2.45, 2.75) is 12.8 Å². The lowest BCUT2D eigenvalue weighted by atomic mass is 9.94. The maximum Gasteiger partial charge on any atom is 0.141 e. The lowest BCUT2D eigenvalue weighted by molar-refractivity contribution is 0.157. The van der Waals surface area contributed by atoms with Crippen LogP contribution in [-0.4, -0.2) is 56.1 Å². The number of benzene rings is 2. The van der Waals surface area contributed by atoms with E-state index < -0.39 is 5.82 Å². The highest BCUT2D eigenvalue weighted by Gasteiger charge is 2.20. The van der Waals surface area contributed by atoms with Crippen molar-refractivity contribution in [1.82, 2.24) is 9.80 Å². The maximum atomic E-state index is 13.8. The van der Waals surface area contributed by atoms with Crippen LogP contribution in [0.3, 0.4) is 0 Å². The van der Waals surface area contributed by atoms with Crippen LogP contribution in [0.15, 0.2) is 60.3 Å².